The average Bonchev–Trinajstić information content (AvgIpc) is 2.69. The Hall–Kier alpha value is 0.0900. The van der Waals surface area contributed by atoms with Crippen molar-refractivity contribution >= 4 is 37.3 Å². The summed E-state index contributed by atoms with van der Waals surface area (Å²) in [7, 11) is -3.36. The topological polar surface area (TPSA) is 46.2 Å². The van der Waals surface area contributed by atoms with E-state index in [0.29, 0.717) is 10.8 Å². The van der Waals surface area contributed by atoms with Gasteiger partial charge < -0.3 is 0 Å². The van der Waals surface area contributed by atoms with Crippen molar-refractivity contribution in [2.24, 2.45) is 5.41 Å². The molecule has 1 aliphatic carbocycles. The molecule has 0 saturated heterocycles. The molecule has 0 unspecified atom stereocenters. The Kier molecular flexibility index (Phi) is 4.75. The van der Waals surface area contributed by atoms with Crippen LogP contribution in [0.3, 0.4) is 0 Å². The fourth-order valence-electron chi connectivity index (χ4n) is 2.49. The lowest BCUT2D eigenvalue weighted by Gasteiger charge is -2.33. The standard InChI is InChI=1S/C13H20BrNO2S2/c1-10-8-11(18-12(10)14)19(16,17)15-9-13(2)6-4-3-5-7-13/h8,15H,3-7,9H2,1-2H3. The van der Waals surface area contributed by atoms with Crippen LogP contribution in [0.4, 0.5) is 0 Å². The van der Waals surface area contributed by atoms with E-state index in [1.807, 2.05) is 6.92 Å². The number of nitrogens with one attached hydrogen (secondary N) is 1. The van der Waals surface area contributed by atoms with Gasteiger partial charge in [0, 0.05) is 6.54 Å². The van der Waals surface area contributed by atoms with E-state index in [1.165, 1.54) is 30.6 Å². The molecule has 108 valence electrons. The highest BCUT2D eigenvalue weighted by Crippen LogP contribution is 2.36. The van der Waals surface area contributed by atoms with Crippen molar-refractivity contribution in [3.63, 3.8) is 0 Å². The molecule has 6 heteroatoms. The first-order chi connectivity index (χ1) is 8.82. The maximum atomic E-state index is 12.3. The number of aryl methyl sites for hydroxylation is 1. The van der Waals surface area contributed by atoms with E-state index in [4.69, 9.17) is 0 Å². The molecule has 1 aromatic heterocycles. The lowest BCUT2D eigenvalue weighted by atomic mass is 9.76. The van der Waals surface area contributed by atoms with E-state index in [2.05, 4.69) is 27.6 Å². The summed E-state index contributed by atoms with van der Waals surface area (Å²) in [6.07, 6.45) is 5.93. The van der Waals surface area contributed by atoms with Crippen LogP contribution in [0.1, 0.15) is 44.6 Å². The van der Waals surface area contributed by atoms with Gasteiger partial charge in [-0.05, 0) is 52.7 Å². The first-order valence-corrected chi connectivity index (χ1v) is 9.67. The SMILES string of the molecule is Cc1cc(S(=O)(=O)NCC2(C)CCCCC2)sc1Br. The monoisotopic (exact) mass is 365 g/mol. The fraction of sp³-hybridized carbons (Fsp3) is 0.692. The zero-order valence-corrected chi connectivity index (χ0v) is 14.5. The number of hydrogen-bond donors (Lipinski definition) is 1. The van der Waals surface area contributed by atoms with Gasteiger partial charge in [-0.2, -0.15) is 0 Å². The van der Waals surface area contributed by atoms with Crippen molar-refractivity contribution < 1.29 is 8.42 Å². The molecule has 1 aromatic rings. The van der Waals surface area contributed by atoms with Gasteiger partial charge in [0.15, 0.2) is 0 Å². The molecular weight excluding hydrogens is 346 g/mol. The van der Waals surface area contributed by atoms with Crippen LogP contribution >= 0.6 is 27.3 Å². The largest absolute Gasteiger partial charge is 0.250 e. The predicted octanol–water partition coefficient (Wildman–Crippen LogP) is 4.07. The van der Waals surface area contributed by atoms with Gasteiger partial charge in [-0.25, -0.2) is 13.1 Å². The molecule has 0 bridgehead atoms. The molecule has 1 fully saturated rings. The van der Waals surface area contributed by atoms with Crippen LogP contribution in [0, 0.1) is 12.3 Å². The minimum absolute atomic E-state index is 0.120. The fourth-order valence-corrected chi connectivity index (χ4v) is 5.96. The van der Waals surface area contributed by atoms with Crippen molar-refractivity contribution in [1.29, 1.82) is 0 Å². The van der Waals surface area contributed by atoms with E-state index >= 15 is 0 Å². The van der Waals surface area contributed by atoms with Gasteiger partial charge in [-0.1, -0.05) is 26.2 Å². The second-order valence-corrected chi connectivity index (χ2v) is 10.1. The lowest BCUT2D eigenvalue weighted by molar-refractivity contribution is 0.219. The van der Waals surface area contributed by atoms with Gasteiger partial charge in [0.25, 0.3) is 0 Å². The summed E-state index contributed by atoms with van der Waals surface area (Å²) in [5, 5.41) is 0. The summed E-state index contributed by atoms with van der Waals surface area (Å²) in [5.74, 6) is 0. The van der Waals surface area contributed by atoms with Gasteiger partial charge >= 0.3 is 0 Å². The average molecular weight is 366 g/mol. The summed E-state index contributed by atoms with van der Waals surface area (Å²) in [5.41, 5.74) is 1.09. The molecular formula is C13H20BrNO2S2. The lowest BCUT2D eigenvalue weighted by Crippen LogP contribution is -2.36. The molecule has 1 aliphatic rings. The molecule has 2 rings (SSSR count). The van der Waals surface area contributed by atoms with Crippen LogP contribution in [0.15, 0.2) is 14.1 Å². The van der Waals surface area contributed by atoms with Gasteiger partial charge in [0.1, 0.15) is 4.21 Å². The molecule has 3 nitrogen and oxygen atoms in total. The smallest absolute Gasteiger partial charge is 0.210 e. The molecule has 0 radical (unpaired) electrons. The minimum Gasteiger partial charge on any atom is -0.210 e. The van der Waals surface area contributed by atoms with E-state index in [0.717, 1.165) is 22.2 Å². The third-order valence-electron chi connectivity index (χ3n) is 3.85. The van der Waals surface area contributed by atoms with Gasteiger partial charge in [-0.15, -0.1) is 11.3 Å². The van der Waals surface area contributed by atoms with Gasteiger partial charge in [0.05, 0.1) is 3.79 Å². The number of hydrogen-bond acceptors (Lipinski definition) is 3. The number of rotatable bonds is 4. The molecule has 0 aromatic carbocycles. The normalized spacial score (nSPS) is 19.5. The first kappa shape index (κ1) is 15.5. The zero-order valence-electron chi connectivity index (χ0n) is 11.3. The Labute approximate surface area is 128 Å². The molecule has 0 atom stereocenters. The Morgan fingerprint density at radius 2 is 2.00 bits per heavy atom. The minimum atomic E-state index is -3.36. The van der Waals surface area contributed by atoms with Crippen LogP contribution in [-0.2, 0) is 10.0 Å². The third-order valence-corrected chi connectivity index (χ3v) is 7.86. The second-order valence-electron chi connectivity index (χ2n) is 5.72. The number of sulfonamides is 1. The maximum Gasteiger partial charge on any atom is 0.250 e. The summed E-state index contributed by atoms with van der Waals surface area (Å²) in [6, 6.07) is 1.72. The Morgan fingerprint density at radius 1 is 1.37 bits per heavy atom. The Balaban J connectivity index is 2.05. The highest BCUT2D eigenvalue weighted by atomic mass is 79.9. The van der Waals surface area contributed by atoms with Crippen molar-refractivity contribution in [2.75, 3.05) is 6.54 Å². The highest BCUT2D eigenvalue weighted by Gasteiger charge is 2.29. The predicted molar refractivity (Wildman–Crippen MR) is 83.1 cm³/mol. The van der Waals surface area contributed by atoms with Crippen molar-refractivity contribution in [2.45, 2.75) is 50.2 Å². The van der Waals surface area contributed by atoms with Crippen LogP contribution in [-0.4, -0.2) is 15.0 Å². The van der Waals surface area contributed by atoms with Crippen LogP contribution in [0.2, 0.25) is 0 Å². The third kappa shape index (κ3) is 3.80. The van der Waals surface area contributed by atoms with Gasteiger partial charge in [0.2, 0.25) is 10.0 Å². The van der Waals surface area contributed by atoms with E-state index in [-0.39, 0.29) is 5.41 Å². The summed E-state index contributed by atoms with van der Waals surface area (Å²) >= 11 is 4.65. The molecule has 1 N–H and O–H groups in total. The van der Waals surface area contributed by atoms with Crippen molar-refractivity contribution in [3.8, 4) is 0 Å². The van der Waals surface area contributed by atoms with E-state index < -0.39 is 10.0 Å². The van der Waals surface area contributed by atoms with Crippen LogP contribution in [0.5, 0.6) is 0 Å². The Morgan fingerprint density at radius 3 is 2.53 bits per heavy atom. The summed E-state index contributed by atoms with van der Waals surface area (Å²) in [4.78, 5) is 0. The molecule has 0 amide bonds. The van der Waals surface area contributed by atoms with Crippen molar-refractivity contribution in [3.05, 3.63) is 15.4 Å². The van der Waals surface area contributed by atoms with Gasteiger partial charge in [-0.3, -0.25) is 0 Å². The zero-order chi connectivity index (χ0) is 14.1. The Bertz CT molecular complexity index is 525. The molecule has 0 aliphatic heterocycles. The second kappa shape index (κ2) is 5.84. The summed E-state index contributed by atoms with van der Waals surface area (Å²) < 4.78 is 28.6. The molecule has 1 saturated carbocycles. The quantitative estimate of drug-likeness (QED) is 0.873. The maximum absolute atomic E-state index is 12.3. The van der Waals surface area contributed by atoms with Crippen LogP contribution < -0.4 is 4.72 Å². The summed E-state index contributed by atoms with van der Waals surface area (Å²) in [6.45, 7) is 4.64. The molecule has 1 heterocycles. The van der Waals surface area contributed by atoms with E-state index in [9.17, 15) is 8.42 Å². The molecule has 0 spiro atoms. The van der Waals surface area contributed by atoms with Crippen LogP contribution in [0.25, 0.3) is 0 Å². The van der Waals surface area contributed by atoms with E-state index in [1.54, 1.807) is 6.07 Å². The van der Waals surface area contributed by atoms with Crippen molar-refractivity contribution in [1.82, 2.24) is 4.72 Å². The highest BCUT2D eigenvalue weighted by molar-refractivity contribution is 9.11. The first-order valence-electron chi connectivity index (χ1n) is 6.58. The molecule has 19 heavy (non-hydrogen) atoms. The number of halogens is 1. The number of thiophene rings is 1.